The number of hydrogen-bond acceptors (Lipinski definition) is 2. The maximum atomic E-state index is 10.5. The fourth-order valence-corrected chi connectivity index (χ4v) is 2.41. The summed E-state index contributed by atoms with van der Waals surface area (Å²) in [4.78, 5) is 10.5. The number of rotatable bonds is 1. The van der Waals surface area contributed by atoms with E-state index in [0.717, 1.165) is 18.7 Å². The SMILES string of the molecule is CC1(C)[C@H]2[C@H](C=O)NC[C@H]21. The summed E-state index contributed by atoms with van der Waals surface area (Å²) in [5.41, 5.74) is 0.441. The van der Waals surface area contributed by atoms with Crippen LogP contribution < -0.4 is 5.32 Å². The summed E-state index contributed by atoms with van der Waals surface area (Å²) in [6.45, 7) is 5.54. The van der Waals surface area contributed by atoms with Crippen molar-refractivity contribution in [3.8, 4) is 0 Å². The zero-order chi connectivity index (χ0) is 7.35. The number of carbonyl (C=O) groups excluding carboxylic acids is 1. The summed E-state index contributed by atoms with van der Waals surface area (Å²) in [5.74, 6) is 1.40. The molecule has 2 fully saturated rings. The zero-order valence-electron chi connectivity index (χ0n) is 6.42. The van der Waals surface area contributed by atoms with Crippen molar-refractivity contribution in [3.63, 3.8) is 0 Å². The molecular weight excluding hydrogens is 126 g/mol. The van der Waals surface area contributed by atoms with Crippen molar-refractivity contribution >= 4 is 6.29 Å². The number of piperidine rings is 1. The van der Waals surface area contributed by atoms with Gasteiger partial charge in [-0.3, -0.25) is 0 Å². The molecule has 0 amide bonds. The minimum Gasteiger partial charge on any atom is -0.307 e. The van der Waals surface area contributed by atoms with Crippen molar-refractivity contribution in [3.05, 3.63) is 0 Å². The highest BCUT2D eigenvalue weighted by Gasteiger charge is 2.63. The van der Waals surface area contributed by atoms with Crippen molar-refractivity contribution in [1.82, 2.24) is 5.32 Å². The lowest BCUT2D eigenvalue weighted by atomic mass is 10.0. The number of aldehydes is 1. The minimum atomic E-state index is 0.153. The Labute approximate surface area is 61.0 Å². The Hall–Kier alpha value is -0.370. The standard InChI is InChI=1S/C8H13NO/c1-8(2)5-3-9-6(4-10)7(5)8/h4-7,9H,3H2,1-2H3/t5-,6+,7-/m1/s1. The third-order valence-electron chi connectivity index (χ3n) is 3.25. The van der Waals surface area contributed by atoms with Gasteiger partial charge in [0, 0.05) is 0 Å². The third-order valence-corrected chi connectivity index (χ3v) is 3.25. The van der Waals surface area contributed by atoms with E-state index >= 15 is 0 Å². The van der Waals surface area contributed by atoms with Gasteiger partial charge in [0.05, 0.1) is 6.04 Å². The fourth-order valence-electron chi connectivity index (χ4n) is 2.41. The van der Waals surface area contributed by atoms with Gasteiger partial charge in [-0.1, -0.05) is 13.8 Å². The molecule has 1 heterocycles. The van der Waals surface area contributed by atoms with Crippen LogP contribution in [0.5, 0.6) is 0 Å². The Kier molecular flexibility index (Phi) is 1.03. The highest BCUT2D eigenvalue weighted by Crippen LogP contribution is 2.61. The van der Waals surface area contributed by atoms with Gasteiger partial charge in [-0.25, -0.2) is 0 Å². The van der Waals surface area contributed by atoms with Gasteiger partial charge in [-0.05, 0) is 23.8 Å². The lowest BCUT2D eigenvalue weighted by Gasteiger charge is -2.12. The second-order valence-electron chi connectivity index (χ2n) is 4.02. The highest BCUT2D eigenvalue weighted by molar-refractivity contribution is 5.61. The Bertz CT molecular complexity index is 176. The molecule has 2 nitrogen and oxygen atoms in total. The topological polar surface area (TPSA) is 29.1 Å². The van der Waals surface area contributed by atoms with Gasteiger partial charge in [0.15, 0.2) is 0 Å². The van der Waals surface area contributed by atoms with E-state index in [0.29, 0.717) is 11.3 Å². The van der Waals surface area contributed by atoms with E-state index in [1.807, 2.05) is 0 Å². The summed E-state index contributed by atoms with van der Waals surface area (Å²) < 4.78 is 0. The first kappa shape index (κ1) is 6.35. The van der Waals surface area contributed by atoms with Gasteiger partial charge in [0.2, 0.25) is 0 Å². The summed E-state index contributed by atoms with van der Waals surface area (Å²) in [6, 6.07) is 0.153. The number of fused-ring (bicyclic) bond motifs is 1. The van der Waals surface area contributed by atoms with Gasteiger partial charge in [0.25, 0.3) is 0 Å². The summed E-state index contributed by atoms with van der Waals surface area (Å²) in [6.07, 6.45) is 1.05. The molecule has 10 heavy (non-hydrogen) atoms. The van der Waals surface area contributed by atoms with Crippen LogP contribution >= 0.6 is 0 Å². The monoisotopic (exact) mass is 139 g/mol. The normalized spacial score (nSPS) is 48.4. The van der Waals surface area contributed by atoms with E-state index in [-0.39, 0.29) is 6.04 Å². The van der Waals surface area contributed by atoms with Crippen LogP contribution in [-0.4, -0.2) is 18.9 Å². The van der Waals surface area contributed by atoms with Crippen LogP contribution in [0.25, 0.3) is 0 Å². The number of nitrogens with one attached hydrogen (secondary N) is 1. The van der Waals surface area contributed by atoms with Crippen molar-refractivity contribution in [2.45, 2.75) is 19.9 Å². The van der Waals surface area contributed by atoms with Crippen LogP contribution in [0.4, 0.5) is 0 Å². The molecule has 0 aromatic heterocycles. The molecule has 0 unspecified atom stereocenters. The molecule has 0 bridgehead atoms. The molecule has 0 spiro atoms. The number of carbonyl (C=O) groups is 1. The van der Waals surface area contributed by atoms with Crippen LogP contribution in [0.1, 0.15) is 13.8 Å². The van der Waals surface area contributed by atoms with E-state index < -0.39 is 0 Å². The Balaban J connectivity index is 2.13. The average Bonchev–Trinajstić information content (AvgIpc) is 2.28. The van der Waals surface area contributed by atoms with Crippen LogP contribution in [0.2, 0.25) is 0 Å². The predicted octanol–water partition coefficient (Wildman–Crippen LogP) is 0.429. The van der Waals surface area contributed by atoms with E-state index in [1.54, 1.807) is 0 Å². The second kappa shape index (κ2) is 1.62. The summed E-state index contributed by atoms with van der Waals surface area (Å²) in [7, 11) is 0. The second-order valence-corrected chi connectivity index (χ2v) is 4.02. The molecule has 1 saturated carbocycles. The Morgan fingerprint density at radius 2 is 2.30 bits per heavy atom. The average molecular weight is 139 g/mol. The smallest absolute Gasteiger partial charge is 0.137 e. The van der Waals surface area contributed by atoms with Crippen LogP contribution in [-0.2, 0) is 4.79 Å². The molecule has 3 atom stereocenters. The molecule has 2 heteroatoms. The molecule has 1 N–H and O–H groups in total. The van der Waals surface area contributed by atoms with Crippen LogP contribution in [0.3, 0.4) is 0 Å². The maximum absolute atomic E-state index is 10.5. The molecule has 2 aliphatic rings. The lowest BCUT2D eigenvalue weighted by molar-refractivity contribution is -0.109. The molecule has 0 radical (unpaired) electrons. The molecule has 1 saturated heterocycles. The molecule has 0 aromatic rings. The minimum absolute atomic E-state index is 0.153. The molecule has 0 aromatic carbocycles. The quantitative estimate of drug-likeness (QED) is 0.534. The fraction of sp³-hybridized carbons (Fsp3) is 0.875. The van der Waals surface area contributed by atoms with E-state index in [4.69, 9.17) is 0 Å². The summed E-state index contributed by atoms with van der Waals surface area (Å²) in [5, 5.41) is 3.19. The first-order valence-electron chi connectivity index (χ1n) is 3.86. The number of hydrogen-bond donors (Lipinski definition) is 1. The van der Waals surface area contributed by atoms with E-state index in [9.17, 15) is 4.79 Å². The third kappa shape index (κ3) is 0.553. The van der Waals surface area contributed by atoms with Crippen LogP contribution in [0, 0.1) is 17.3 Å². The van der Waals surface area contributed by atoms with Crippen LogP contribution in [0.15, 0.2) is 0 Å². The molecular formula is C8H13NO. The van der Waals surface area contributed by atoms with Crippen molar-refractivity contribution in [2.24, 2.45) is 17.3 Å². The van der Waals surface area contributed by atoms with Gasteiger partial charge >= 0.3 is 0 Å². The molecule has 2 rings (SSSR count). The van der Waals surface area contributed by atoms with Gasteiger partial charge in [0.1, 0.15) is 6.29 Å². The summed E-state index contributed by atoms with van der Waals surface area (Å²) >= 11 is 0. The van der Waals surface area contributed by atoms with E-state index in [1.165, 1.54) is 0 Å². The first-order valence-corrected chi connectivity index (χ1v) is 3.86. The Morgan fingerprint density at radius 1 is 1.60 bits per heavy atom. The van der Waals surface area contributed by atoms with Crippen molar-refractivity contribution in [2.75, 3.05) is 6.54 Å². The zero-order valence-corrected chi connectivity index (χ0v) is 6.42. The van der Waals surface area contributed by atoms with Crippen molar-refractivity contribution < 1.29 is 4.79 Å². The maximum Gasteiger partial charge on any atom is 0.137 e. The van der Waals surface area contributed by atoms with Gasteiger partial charge < -0.3 is 10.1 Å². The first-order chi connectivity index (χ1) is 4.68. The molecule has 1 aliphatic heterocycles. The predicted molar refractivity (Wildman–Crippen MR) is 38.6 cm³/mol. The largest absolute Gasteiger partial charge is 0.307 e. The van der Waals surface area contributed by atoms with Gasteiger partial charge in [-0.2, -0.15) is 0 Å². The molecule has 1 aliphatic carbocycles. The van der Waals surface area contributed by atoms with Crippen molar-refractivity contribution in [1.29, 1.82) is 0 Å². The Morgan fingerprint density at radius 3 is 2.60 bits per heavy atom. The molecule has 56 valence electrons. The highest BCUT2D eigenvalue weighted by atomic mass is 16.1. The lowest BCUT2D eigenvalue weighted by Crippen LogP contribution is -2.31. The van der Waals surface area contributed by atoms with Gasteiger partial charge in [-0.15, -0.1) is 0 Å². The van der Waals surface area contributed by atoms with E-state index in [2.05, 4.69) is 19.2 Å².